The minimum absolute atomic E-state index is 0.203. The number of primary amides is 1. The van der Waals surface area contributed by atoms with Crippen molar-refractivity contribution in [2.45, 2.75) is 6.54 Å². The molecule has 3 N–H and O–H groups in total. The molecule has 0 aromatic heterocycles. The van der Waals surface area contributed by atoms with Crippen molar-refractivity contribution < 1.29 is 13.9 Å². The molecule has 1 aromatic rings. The second kappa shape index (κ2) is 6.44. The fourth-order valence-electron chi connectivity index (χ4n) is 1.11. The van der Waals surface area contributed by atoms with Gasteiger partial charge >= 0.3 is 6.09 Å². The summed E-state index contributed by atoms with van der Waals surface area (Å²) in [6.07, 6.45) is -0.795. The molecule has 0 aliphatic carbocycles. The lowest BCUT2D eigenvalue weighted by atomic mass is 10.2. The lowest BCUT2D eigenvalue weighted by Gasteiger charge is -2.05. The molecule has 88 valence electrons. The van der Waals surface area contributed by atoms with Crippen LogP contribution in [0.15, 0.2) is 22.7 Å². The summed E-state index contributed by atoms with van der Waals surface area (Å²) in [6.45, 7) is 1.18. The normalized spacial score (nSPS) is 10.1. The van der Waals surface area contributed by atoms with Crippen LogP contribution in [-0.2, 0) is 11.3 Å². The maximum Gasteiger partial charge on any atom is 0.404 e. The van der Waals surface area contributed by atoms with E-state index in [1.54, 1.807) is 12.1 Å². The Labute approximate surface area is 101 Å². The third-order valence-electron chi connectivity index (χ3n) is 1.84. The number of rotatable bonds is 5. The molecule has 6 heteroatoms. The third kappa shape index (κ3) is 4.59. The van der Waals surface area contributed by atoms with Crippen molar-refractivity contribution in [1.29, 1.82) is 0 Å². The third-order valence-corrected chi connectivity index (χ3v) is 2.48. The largest absolute Gasteiger partial charge is 0.448 e. The number of carbonyl (C=O) groups is 1. The van der Waals surface area contributed by atoms with Crippen molar-refractivity contribution in [2.24, 2.45) is 5.73 Å². The Morgan fingerprint density at radius 2 is 2.31 bits per heavy atom. The molecule has 0 aliphatic rings. The van der Waals surface area contributed by atoms with Crippen LogP contribution in [0, 0.1) is 5.82 Å². The first-order chi connectivity index (χ1) is 7.59. The number of nitrogens with one attached hydrogen (secondary N) is 1. The Balaban J connectivity index is 2.27. The lowest BCUT2D eigenvalue weighted by molar-refractivity contribution is 0.157. The summed E-state index contributed by atoms with van der Waals surface area (Å²) in [4.78, 5) is 10.2. The Hall–Kier alpha value is -1.14. The molecule has 0 bridgehead atoms. The van der Waals surface area contributed by atoms with E-state index >= 15 is 0 Å². The van der Waals surface area contributed by atoms with Crippen molar-refractivity contribution in [3.8, 4) is 0 Å². The molecule has 0 heterocycles. The van der Waals surface area contributed by atoms with Gasteiger partial charge in [0.15, 0.2) is 0 Å². The van der Waals surface area contributed by atoms with Crippen LogP contribution in [-0.4, -0.2) is 19.2 Å². The molecule has 16 heavy (non-hydrogen) atoms. The molecule has 0 atom stereocenters. The average molecular weight is 291 g/mol. The van der Waals surface area contributed by atoms with Crippen molar-refractivity contribution in [1.82, 2.24) is 5.32 Å². The molecule has 0 spiro atoms. The van der Waals surface area contributed by atoms with E-state index in [9.17, 15) is 9.18 Å². The fraction of sp³-hybridized carbons (Fsp3) is 0.300. The van der Waals surface area contributed by atoms with Gasteiger partial charge in [-0.2, -0.15) is 0 Å². The Bertz CT molecular complexity index is 374. The second-order valence-corrected chi connectivity index (χ2v) is 3.95. The van der Waals surface area contributed by atoms with E-state index in [2.05, 4.69) is 26.0 Å². The standard InChI is InChI=1S/C10H12BrFN2O2/c11-8-2-1-7(5-9(8)12)6-14-3-4-16-10(13)15/h1-2,5,14H,3-4,6H2,(H2,13,15). The van der Waals surface area contributed by atoms with E-state index in [1.807, 2.05) is 0 Å². The second-order valence-electron chi connectivity index (χ2n) is 3.09. The summed E-state index contributed by atoms with van der Waals surface area (Å²) in [5.74, 6) is -0.298. The lowest BCUT2D eigenvalue weighted by Crippen LogP contribution is -2.23. The summed E-state index contributed by atoms with van der Waals surface area (Å²) in [7, 11) is 0. The number of hydrogen-bond donors (Lipinski definition) is 2. The molecular weight excluding hydrogens is 279 g/mol. The smallest absolute Gasteiger partial charge is 0.404 e. The van der Waals surface area contributed by atoms with Gasteiger partial charge in [-0.3, -0.25) is 0 Å². The van der Waals surface area contributed by atoms with Crippen LogP contribution in [0.4, 0.5) is 9.18 Å². The van der Waals surface area contributed by atoms with E-state index in [-0.39, 0.29) is 12.4 Å². The van der Waals surface area contributed by atoms with Gasteiger partial charge in [-0.1, -0.05) is 6.07 Å². The van der Waals surface area contributed by atoms with Gasteiger partial charge in [-0.15, -0.1) is 0 Å². The summed E-state index contributed by atoms with van der Waals surface area (Å²) < 4.78 is 18.1. The topological polar surface area (TPSA) is 64.4 Å². The molecule has 1 amide bonds. The molecule has 1 rings (SSSR count). The first-order valence-corrected chi connectivity index (χ1v) is 5.46. The number of carbonyl (C=O) groups excluding carboxylic acids is 1. The van der Waals surface area contributed by atoms with Gasteiger partial charge < -0.3 is 15.8 Å². The molecule has 4 nitrogen and oxygen atoms in total. The van der Waals surface area contributed by atoms with E-state index in [0.29, 0.717) is 17.6 Å². The zero-order valence-electron chi connectivity index (χ0n) is 8.50. The molecular formula is C10H12BrFN2O2. The van der Waals surface area contributed by atoms with Crippen LogP contribution in [0.2, 0.25) is 0 Å². The first-order valence-electron chi connectivity index (χ1n) is 4.66. The van der Waals surface area contributed by atoms with Crippen LogP contribution in [0.5, 0.6) is 0 Å². The van der Waals surface area contributed by atoms with E-state index in [4.69, 9.17) is 5.73 Å². The van der Waals surface area contributed by atoms with Gasteiger partial charge in [0.25, 0.3) is 0 Å². The Morgan fingerprint density at radius 1 is 1.56 bits per heavy atom. The van der Waals surface area contributed by atoms with Gasteiger partial charge in [-0.05, 0) is 33.6 Å². The number of nitrogens with two attached hydrogens (primary N) is 1. The number of benzene rings is 1. The molecule has 0 radical (unpaired) electrons. The molecule has 0 saturated carbocycles. The zero-order chi connectivity index (χ0) is 12.0. The average Bonchev–Trinajstić information content (AvgIpc) is 2.22. The number of amides is 1. The number of hydrogen-bond acceptors (Lipinski definition) is 3. The highest BCUT2D eigenvalue weighted by atomic mass is 79.9. The summed E-state index contributed by atoms with van der Waals surface area (Å²) in [5.41, 5.74) is 5.60. The maximum absolute atomic E-state index is 13.1. The molecule has 0 fully saturated rings. The quantitative estimate of drug-likeness (QED) is 0.813. The van der Waals surface area contributed by atoms with Crippen LogP contribution in [0.1, 0.15) is 5.56 Å². The predicted molar refractivity (Wildman–Crippen MR) is 61.3 cm³/mol. The highest BCUT2D eigenvalue weighted by Gasteiger charge is 2.00. The van der Waals surface area contributed by atoms with Crippen LogP contribution >= 0.6 is 15.9 Å². The fourth-order valence-corrected chi connectivity index (χ4v) is 1.35. The predicted octanol–water partition coefficient (Wildman–Crippen LogP) is 1.77. The monoisotopic (exact) mass is 290 g/mol. The highest BCUT2D eigenvalue weighted by molar-refractivity contribution is 9.10. The SMILES string of the molecule is NC(=O)OCCNCc1ccc(Br)c(F)c1. The molecule has 0 saturated heterocycles. The van der Waals surface area contributed by atoms with Crippen LogP contribution in [0.3, 0.4) is 0 Å². The van der Waals surface area contributed by atoms with E-state index < -0.39 is 6.09 Å². The van der Waals surface area contributed by atoms with Crippen molar-refractivity contribution in [3.63, 3.8) is 0 Å². The highest BCUT2D eigenvalue weighted by Crippen LogP contribution is 2.16. The summed E-state index contributed by atoms with van der Waals surface area (Å²) in [5, 5.41) is 2.99. The van der Waals surface area contributed by atoms with Crippen LogP contribution in [0.25, 0.3) is 0 Å². The van der Waals surface area contributed by atoms with E-state index in [1.165, 1.54) is 6.07 Å². The molecule has 1 aromatic carbocycles. The van der Waals surface area contributed by atoms with Gasteiger partial charge in [0.2, 0.25) is 0 Å². The summed E-state index contributed by atoms with van der Waals surface area (Å²) >= 11 is 3.07. The first kappa shape index (κ1) is 12.9. The van der Waals surface area contributed by atoms with Gasteiger partial charge in [0.05, 0.1) is 4.47 Å². The number of halogens is 2. The minimum Gasteiger partial charge on any atom is -0.448 e. The molecule has 0 aliphatic heterocycles. The van der Waals surface area contributed by atoms with Gasteiger partial charge in [-0.25, -0.2) is 9.18 Å². The molecule has 0 unspecified atom stereocenters. The minimum atomic E-state index is -0.795. The van der Waals surface area contributed by atoms with Crippen molar-refractivity contribution in [3.05, 3.63) is 34.1 Å². The van der Waals surface area contributed by atoms with Crippen molar-refractivity contribution in [2.75, 3.05) is 13.2 Å². The number of ether oxygens (including phenoxy) is 1. The van der Waals surface area contributed by atoms with E-state index in [0.717, 1.165) is 5.56 Å². The maximum atomic E-state index is 13.1. The Morgan fingerprint density at radius 3 is 2.94 bits per heavy atom. The summed E-state index contributed by atoms with van der Waals surface area (Å²) in [6, 6.07) is 4.88. The van der Waals surface area contributed by atoms with Crippen LogP contribution < -0.4 is 11.1 Å². The van der Waals surface area contributed by atoms with Gasteiger partial charge in [0, 0.05) is 13.1 Å². The zero-order valence-corrected chi connectivity index (χ0v) is 10.1. The Kier molecular flexibility index (Phi) is 5.21. The van der Waals surface area contributed by atoms with Gasteiger partial charge in [0.1, 0.15) is 12.4 Å². The van der Waals surface area contributed by atoms with Crippen molar-refractivity contribution >= 4 is 22.0 Å².